The van der Waals surface area contributed by atoms with E-state index >= 15 is 0 Å². The van der Waals surface area contributed by atoms with Crippen LogP contribution in [0.5, 0.6) is 0 Å². The highest BCUT2D eigenvalue weighted by molar-refractivity contribution is 5.67. The molecule has 1 rings (SSSR count). The number of ether oxygens (including phenoxy) is 1. The third-order valence-corrected chi connectivity index (χ3v) is 3.38. The van der Waals surface area contributed by atoms with Gasteiger partial charge in [0.25, 0.3) is 0 Å². The molecule has 1 saturated heterocycles. The van der Waals surface area contributed by atoms with Crippen molar-refractivity contribution in [2.45, 2.75) is 52.1 Å². The van der Waals surface area contributed by atoms with Crippen molar-refractivity contribution in [3.05, 3.63) is 0 Å². The summed E-state index contributed by atoms with van der Waals surface area (Å²) in [4.78, 5) is 13.6. The first kappa shape index (κ1) is 16.2. The van der Waals surface area contributed by atoms with Crippen LogP contribution in [0.3, 0.4) is 0 Å². The minimum absolute atomic E-state index is 0.185. The van der Waals surface area contributed by atoms with Crippen molar-refractivity contribution in [2.75, 3.05) is 26.3 Å². The molecule has 1 heterocycles. The Morgan fingerprint density at radius 2 is 2.00 bits per heavy atom. The normalized spacial score (nSPS) is 18.7. The number of piperidine rings is 1. The van der Waals surface area contributed by atoms with Gasteiger partial charge in [-0.1, -0.05) is 13.8 Å². The summed E-state index contributed by atoms with van der Waals surface area (Å²) in [6.45, 7) is 8.36. The predicted molar refractivity (Wildman–Crippen MR) is 75.1 cm³/mol. The number of aliphatic hydroxyl groups is 1. The van der Waals surface area contributed by atoms with Gasteiger partial charge in [0.1, 0.15) is 0 Å². The zero-order chi connectivity index (χ0) is 14.3. The fourth-order valence-corrected chi connectivity index (χ4v) is 2.24. The lowest BCUT2D eigenvalue weighted by Crippen LogP contribution is -2.47. The fraction of sp³-hybridized carbons (Fsp3) is 0.929. The van der Waals surface area contributed by atoms with Crippen LogP contribution in [-0.4, -0.2) is 54.5 Å². The summed E-state index contributed by atoms with van der Waals surface area (Å²) < 4.78 is 5.23. The van der Waals surface area contributed by atoms with E-state index in [1.165, 1.54) is 0 Å². The number of amides is 1. The maximum absolute atomic E-state index is 11.8. The number of rotatable bonds is 6. The monoisotopic (exact) mass is 272 g/mol. The number of nitrogens with zero attached hydrogens (tertiary/aromatic N) is 1. The number of hydrogen-bond acceptors (Lipinski definition) is 4. The lowest BCUT2D eigenvalue weighted by atomic mass is 10.0. The first-order valence-corrected chi connectivity index (χ1v) is 7.31. The lowest BCUT2D eigenvalue weighted by molar-refractivity contribution is 0.0810. The molecule has 2 N–H and O–H groups in total. The minimum Gasteiger partial charge on any atom is -0.449 e. The van der Waals surface area contributed by atoms with Crippen LogP contribution in [0.1, 0.15) is 40.0 Å². The molecule has 1 amide bonds. The third-order valence-electron chi connectivity index (χ3n) is 3.38. The predicted octanol–water partition coefficient (Wildman–Crippen LogP) is 1.60. The molecule has 1 unspecified atom stereocenters. The number of hydrogen-bond donors (Lipinski definition) is 2. The van der Waals surface area contributed by atoms with Crippen LogP contribution in [0.4, 0.5) is 4.79 Å². The summed E-state index contributed by atoms with van der Waals surface area (Å²) in [6.07, 6.45) is 2.49. The van der Waals surface area contributed by atoms with Crippen molar-refractivity contribution in [2.24, 2.45) is 5.92 Å². The van der Waals surface area contributed by atoms with Crippen molar-refractivity contribution in [3.63, 3.8) is 0 Å². The van der Waals surface area contributed by atoms with Gasteiger partial charge < -0.3 is 20.1 Å². The van der Waals surface area contributed by atoms with E-state index in [1.807, 2.05) is 13.8 Å². The maximum atomic E-state index is 11.8. The summed E-state index contributed by atoms with van der Waals surface area (Å²) in [5.41, 5.74) is 0. The van der Waals surface area contributed by atoms with Gasteiger partial charge in [0.2, 0.25) is 0 Å². The van der Waals surface area contributed by atoms with E-state index in [9.17, 15) is 4.79 Å². The van der Waals surface area contributed by atoms with E-state index in [0.29, 0.717) is 24.6 Å². The molecule has 5 nitrogen and oxygen atoms in total. The molecule has 19 heavy (non-hydrogen) atoms. The number of likely N-dealkylation sites (tertiary alicyclic amines) is 1. The number of carbonyl (C=O) groups excluding carboxylic acids is 1. The summed E-state index contributed by atoms with van der Waals surface area (Å²) in [5, 5.41) is 12.4. The zero-order valence-electron chi connectivity index (χ0n) is 12.4. The summed E-state index contributed by atoms with van der Waals surface area (Å²) in [6, 6.07) is 0.769. The first-order chi connectivity index (χ1) is 9.02. The summed E-state index contributed by atoms with van der Waals surface area (Å²) in [5.74, 6) is 0.377. The van der Waals surface area contributed by atoms with Gasteiger partial charge >= 0.3 is 6.09 Å². The van der Waals surface area contributed by atoms with E-state index in [1.54, 1.807) is 4.90 Å². The topological polar surface area (TPSA) is 61.8 Å². The number of aliphatic hydroxyl groups excluding tert-OH is 1. The van der Waals surface area contributed by atoms with Gasteiger partial charge in [0.05, 0.1) is 6.61 Å². The summed E-state index contributed by atoms with van der Waals surface area (Å²) in [7, 11) is 0. The maximum Gasteiger partial charge on any atom is 0.409 e. The minimum atomic E-state index is -0.185. The van der Waals surface area contributed by atoms with Gasteiger partial charge in [-0.25, -0.2) is 4.79 Å². The Bertz CT molecular complexity index is 263. The number of carbonyl (C=O) groups is 1. The molecule has 0 spiro atoms. The molecule has 0 aromatic rings. The van der Waals surface area contributed by atoms with Crippen molar-refractivity contribution < 1.29 is 14.6 Å². The average molecular weight is 272 g/mol. The van der Waals surface area contributed by atoms with Gasteiger partial charge in [-0.3, -0.25) is 0 Å². The second kappa shape index (κ2) is 8.38. The highest BCUT2D eigenvalue weighted by atomic mass is 16.6. The molecule has 1 atom stereocenters. The van der Waals surface area contributed by atoms with E-state index in [0.717, 1.165) is 32.4 Å². The zero-order valence-corrected chi connectivity index (χ0v) is 12.4. The van der Waals surface area contributed by atoms with Gasteiger partial charge in [0, 0.05) is 31.8 Å². The first-order valence-electron chi connectivity index (χ1n) is 7.31. The SMILES string of the molecule is CC(C)COC(=O)N1CCC(NC(C)CCO)CC1. The summed E-state index contributed by atoms with van der Waals surface area (Å²) >= 11 is 0. The molecular formula is C14H28N2O3. The van der Waals surface area contributed by atoms with E-state index in [2.05, 4.69) is 12.2 Å². The molecular weight excluding hydrogens is 244 g/mol. The van der Waals surface area contributed by atoms with Crippen LogP contribution >= 0.6 is 0 Å². The molecule has 0 aromatic carbocycles. The van der Waals surface area contributed by atoms with Crippen molar-refractivity contribution in [1.82, 2.24) is 10.2 Å². The van der Waals surface area contributed by atoms with Gasteiger partial charge in [-0.15, -0.1) is 0 Å². The Labute approximate surface area is 116 Å². The Hall–Kier alpha value is -0.810. The molecule has 0 aliphatic carbocycles. The third kappa shape index (κ3) is 6.25. The molecule has 5 heteroatoms. The largest absolute Gasteiger partial charge is 0.449 e. The molecule has 1 fully saturated rings. The quantitative estimate of drug-likeness (QED) is 0.771. The molecule has 112 valence electrons. The molecule has 0 bridgehead atoms. The second-order valence-corrected chi connectivity index (χ2v) is 5.81. The van der Waals surface area contributed by atoms with Gasteiger partial charge in [-0.2, -0.15) is 0 Å². The second-order valence-electron chi connectivity index (χ2n) is 5.81. The van der Waals surface area contributed by atoms with E-state index in [-0.39, 0.29) is 12.7 Å². The Morgan fingerprint density at radius 3 is 2.53 bits per heavy atom. The molecule has 0 aromatic heterocycles. The molecule has 0 saturated carbocycles. The van der Waals surface area contributed by atoms with Crippen LogP contribution in [-0.2, 0) is 4.74 Å². The van der Waals surface area contributed by atoms with Crippen molar-refractivity contribution >= 4 is 6.09 Å². The van der Waals surface area contributed by atoms with Crippen molar-refractivity contribution in [1.29, 1.82) is 0 Å². The van der Waals surface area contributed by atoms with Crippen LogP contribution in [0.15, 0.2) is 0 Å². The van der Waals surface area contributed by atoms with Crippen LogP contribution in [0.25, 0.3) is 0 Å². The van der Waals surface area contributed by atoms with Crippen LogP contribution < -0.4 is 5.32 Å². The highest BCUT2D eigenvalue weighted by Crippen LogP contribution is 2.13. The Kier molecular flexibility index (Phi) is 7.16. The number of nitrogens with one attached hydrogen (secondary N) is 1. The van der Waals surface area contributed by atoms with Crippen LogP contribution in [0.2, 0.25) is 0 Å². The average Bonchev–Trinajstić information content (AvgIpc) is 2.37. The van der Waals surface area contributed by atoms with Gasteiger partial charge in [-0.05, 0) is 32.1 Å². The van der Waals surface area contributed by atoms with Crippen molar-refractivity contribution in [3.8, 4) is 0 Å². The standard InChI is InChI=1S/C14H28N2O3/c1-11(2)10-19-14(18)16-7-4-13(5-8-16)15-12(3)6-9-17/h11-13,15,17H,4-10H2,1-3H3. The molecule has 0 radical (unpaired) electrons. The molecule has 1 aliphatic heterocycles. The lowest BCUT2D eigenvalue weighted by Gasteiger charge is -2.33. The van der Waals surface area contributed by atoms with E-state index < -0.39 is 0 Å². The molecule has 1 aliphatic rings. The van der Waals surface area contributed by atoms with Gasteiger partial charge in [0.15, 0.2) is 0 Å². The van der Waals surface area contributed by atoms with E-state index in [4.69, 9.17) is 9.84 Å². The fourth-order valence-electron chi connectivity index (χ4n) is 2.24. The Morgan fingerprint density at radius 1 is 1.37 bits per heavy atom. The Balaban J connectivity index is 2.22. The highest BCUT2D eigenvalue weighted by Gasteiger charge is 2.24. The van der Waals surface area contributed by atoms with Crippen LogP contribution in [0, 0.1) is 5.92 Å². The smallest absolute Gasteiger partial charge is 0.409 e.